The number of carbonyl (C=O) groups excluding carboxylic acids is 1. The van der Waals surface area contributed by atoms with Gasteiger partial charge in [-0.2, -0.15) is 0 Å². The summed E-state index contributed by atoms with van der Waals surface area (Å²) in [5.41, 5.74) is 0.930. The maximum absolute atomic E-state index is 11.5. The fourth-order valence-electron chi connectivity index (χ4n) is 1.43. The average molecular weight is 236 g/mol. The fraction of sp³-hybridized carbons (Fsp3) is 0.417. The number of amides is 1. The summed E-state index contributed by atoms with van der Waals surface area (Å²) in [5.74, 6) is -1.01. The van der Waals surface area contributed by atoms with Crippen molar-refractivity contribution in [2.24, 2.45) is 0 Å². The van der Waals surface area contributed by atoms with Crippen LogP contribution in [0, 0.1) is 0 Å². The Morgan fingerprint density at radius 3 is 2.82 bits per heavy atom. The van der Waals surface area contributed by atoms with Crippen molar-refractivity contribution in [2.75, 3.05) is 0 Å². The summed E-state index contributed by atoms with van der Waals surface area (Å²) in [6.07, 6.45) is 3.99. The molecule has 1 atom stereocenters. The molecule has 0 bridgehead atoms. The molecule has 0 saturated heterocycles. The van der Waals surface area contributed by atoms with Crippen molar-refractivity contribution in [2.45, 2.75) is 32.2 Å². The zero-order chi connectivity index (χ0) is 12.7. The van der Waals surface area contributed by atoms with Crippen LogP contribution in [-0.2, 0) is 9.59 Å². The Kier molecular flexibility index (Phi) is 5.13. The Labute approximate surface area is 99.9 Å². The molecule has 0 spiro atoms. The third-order valence-electron chi connectivity index (χ3n) is 2.36. The molecule has 1 heterocycles. The zero-order valence-corrected chi connectivity index (χ0v) is 9.72. The molecule has 1 aromatic heterocycles. The van der Waals surface area contributed by atoms with Crippen LogP contribution in [0.4, 0.5) is 0 Å². The number of nitrogens with zero attached hydrogens (tertiary/aromatic N) is 1. The number of hydrogen-bond acceptors (Lipinski definition) is 3. The van der Waals surface area contributed by atoms with Gasteiger partial charge in [-0.25, -0.2) is 0 Å². The molecule has 0 fully saturated rings. The summed E-state index contributed by atoms with van der Waals surface area (Å²) in [5, 5.41) is 11.2. The standard InChI is InChI=1S/C12H16N2O3/c1-9(10-4-3-7-13-8-10)14-11(15)5-2-6-12(16)17/h3-4,7-9H,2,5-6H2,1H3,(H,14,15)(H,16,17)/t9-/m0/s1. The molecule has 5 nitrogen and oxygen atoms in total. The van der Waals surface area contributed by atoms with Gasteiger partial charge >= 0.3 is 5.97 Å². The van der Waals surface area contributed by atoms with Gasteiger partial charge in [0.05, 0.1) is 6.04 Å². The molecule has 92 valence electrons. The van der Waals surface area contributed by atoms with Gasteiger partial charge in [-0.15, -0.1) is 0 Å². The van der Waals surface area contributed by atoms with Gasteiger partial charge < -0.3 is 10.4 Å². The van der Waals surface area contributed by atoms with E-state index in [-0.39, 0.29) is 24.8 Å². The van der Waals surface area contributed by atoms with Gasteiger partial charge in [0.2, 0.25) is 5.91 Å². The molecule has 5 heteroatoms. The van der Waals surface area contributed by atoms with E-state index in [1.807, 2.05) is 19.1 Å². The second-order valence-electron chi connectivity index (χ2n) is 3.82. The van der Waals surface area contributed by atoms with Gasteiger partial charge in [0.1, 0.15) is 0 Å². The van der Waals surface area contributed by atoms with Crippen LogP contribution in [0.5, 0.6) is 0 Å². The number of carbonyl (C=O) groups is 2. The molecule has 17 heavy (non-hydrogen) atoms. The largest absolute Gasteiger partial charge is 0.481 e. The second kappa shape index (κ2) is 6.62. The molecule has 0 aliphatic rings. The first kappa shape index (κ1) is 13.2. The molecule has 0 unspecified atom stereocenters. The Morgan fingerprint density at radius 2 is 2.24 bits per heavy atom. The second-order valence-corrected chi connectivity index (χ2v) is 3.82. The maximum Gasteiger partial charge on any atom is 0.303 e. The predicted molar refractivity (Wildman–Crippen MR) is 62.3 cm³/mol. The number of aromatic nitrogens is 1. The summed E-state index contributed by atoms with van der Waals surface area (Å²) in [7, 11) is 0. The fourth-order valence-corrected chi connectivity index (χ4v) is 1.43. The van der Waals surface area contributed by atoms with Crippen LogP contribution in [-0.4, -0.2) is 22.0 Å². The van der Waals surface area contributed by atoms with Crippen LogP contribution >= 0.6 is 0 Å². The molecule has 0 radical (unpaired) electrons. The number of carboxylic acid groups (broad SMARTS) is 1. The van der Waals surface area contributed by atoms with Crippen LogP contribution in [0.25, 0.3) is 0 Å². The average Bonchev–Trinajstić information content (AvgIpc) is 2.29. The topological polar surface area (TPSA) is 79.3 Å². The number of nitrogens with one attached hydrogen (secondary N) is 1. The quantitative estimate of drug-likeness (QED) is 0.784. The SMILES string of the molecule is C[C@H](NC(=O)CCCC(=O)O)c1cccnc1. The highest BCUT2D eigenvalue weighted by molar-refractivity contribution is 5.77. The summed E-state index contributed by atoms with van der Waals surface area (Å²) >= 11 is 0. The first-order chi connectivity index (χ1) is 8.09. The lowest BCUT2D eigenvalue weighted by atomic mass is 10.1. The first-order valence-corrected chi connectivity index (χ1v) is 5.50. The van der Waals surface area contributed by atoms with Crippen molar-refractivity contribution in [1.29, 1.82) is 0 Å². The highest BCUT2D eigenvalue weighted by atomic mass is 16.4. The zero-order valence-electron chi connectivity index (χ0n) is 9.72. The summed E-state index contributed by atoms with van der Waals surface area (Å²) < 4.78 is 0. The number of pyridine rings is 1. The summed E-state index contributed by atoms with van der Waals surface area (Å²) in [6, 6.07) is 3.58. The van der Waals surface area contributed by atoms with Crippen molar-refractivity contribution < 1.29 is 14.7 Å². The minimum atomic E-state index is -0.877. The predicted octanol–water partition coefficient (Wildman–Crippen LogP) is 1.51. The van der Waals surface area contributed by atoms with Crippen molar-refractivity contribution >= 4 is 11.9 Å². The lowest BCUT2D eigenvalue weighted by molar-refractivity contribution is -0.137. The minimum absolute atomic E-state index is 0.0225. The van der Waals surface area contributed by atoms with Crippen molar-refractivity contribution in [3.63, 3.8) is 0 Å². The van der Waals surface area contributed by atoms with Gasteiger partial charge in [-0.3, -0.25) is 14.6 Å². The third kappa shape index (κ3) is 5.10. The highest BCUT2D eigenvalue weighted by Crippen LogP contribution is 2.10. The van der Waals surface area contributed by atoms with E-state index in [1.54, 1.807) is 12.4 Å². The normalized spacial score (nSPS) is 11.8. The van der Waals surface area contributed by atoms with E-state index in [9.17, 15) is 9.59 Å². The van der Waals surface area contributed by atoms with E-state index in [4.69, 9.17) is 5.11 Å². The van der Waals surface area contributed by atoms with E-state index in [2.05, 4.69) is 10.3 Å². The van der Waals surface area contributed by atoms with E-state index in [1.165, 1.54) is 0 Å². The molecular formula is C12H16N2O3. The monoisotopic (exact) mass is 236 g/mol. The maximum atomic E-state index is 11.5. The molecule has 0 aromatic carbocycles. The molecule has 1 amide bonds. The third-order valence-corrected chi connectivity index (χ3v) is 2.36. The van der Waals surface area contributed by atoms with Crippen LogP contribution < -0.4 is 5.32 Å². The van der Waals surface area contributed by atoms with Crippen LogP contribution in [0.15, 0.2) is 24.5 Å². The van der Waals surface area contributed by atoms with Gasteiger partial charge in [-0.05, 0) is 25.0 Å². The van der Waals surface area contributed by atoms with Crippen molar-refractivity contribution in [1.82, 2.24) is 10.3 Å². The smallest absolute Gasteiger partial charge is 0.303 e. The Hall–Kier alpha value is -1.91. The van der Waals surface area contributed by atoms with E-state index in [0.717, 1.165) is 5.56 Å². The molecular weight excluding hydrogens is 220 g/mol. The van der Waals surface area contributed by atoms with Crippen molar-refractivity contribution in [3.05, 3.63) is 30.1 Å². The Morgan fingerprint density at radius 1 is 1.47 bits per heavy atom. The van der Waals surface area contributed by atoms with Crippen LogP contribution in [0.3, 0.4) is 0 Å². The number of rotatable bonds is 6. The molecule has 1 rings (SSSR count). The van der Waals surface area contributed by atoms with Gasteiger partial charge in [-0.1, -0.05) is 6.07 Å². The van der Waals surface area contributed by atoms with Gasteiger partial charge in [0.15, 0.2) is 0 Å². The lowest BCUT2D eigenvalue weighted by Crippen LogP contribution is -2.26. The molecule has 0 saturated carbocycles. The lowest BCUT2D eigenvalue weighted by Gasteiger charge is -2.13. The molecule has 0 aliphatic carbocycles. The Balaban J connectivity index is 2.34. The van der Waals surface area contributed by atoms with Crippen LogP contribution in [0.1, 0.15) is 37.8 Å². The summed E-state index contributed by atoms with van der Waals surface area (Å²) in [4.78, 5) is 25.7. The van der Waals surface area contributed by atoms with E-state index in [0.29, 0.717) is 6.42 Å². The molecule has 0 aliphatic heterocycles. The van der Waals surface area contributed by atoms with E-state index < -0.39 is 5.97 Å². The minimum Gasteiger partial charge on any atom is -0.481 e. The van der Waals surface area contributed by atoms with Gasteiger partial charge in [0.25, 0.3) is 0 Å². The van der Waals surface area contributed by atoms with E-state index >= 15 is 0 Å². The summed E-state index contributed by atoms with van der Waals surface area (Å²) in [6.45, 7) is 1.87. The first-order valence-electron chi connectivity index (χ1n) is 5.50. The van der Waals surface area contributed by atoms with Gasteiger partial charge in [0, 0.05) is 25.2 Å². The Bertz CT molecular complexity index is 379. The molecule has 1 aromatic rings. The van der Waals surface area contributed by atoms with Crippen LogP contribution in [0.2, 0.25) is 0 Å². The number of carboxylic acids is 1. The number of hydrogen-bond donors (Lipinski definition) is 2. The molecule has 2 N–H and O–H groups in total. The number of aliphatic carboxylic acids is 1. The van der Waals surface area contributed by atoms with Crippen molar-refractivity contribution in [3.8, 4) is 0 Å². The highest BCUT2D eigenvalue weighted by Gasteiger charge is 2.09.